The minimum atomic E-state index is -0.257. The van der Waals surface area contributed by atoms with Crippen molar-refractivity contribution in [3.8, 4) is 0 Å². The van der Waals surface area contributed by atoms with Gasteiger partial charge in [-0.25, -0.2) is 9.97 Å². The summed E-state index contributed by atoms with van der Waals surface area (Å²) in [6, 6.07) is 11.1. The van der Waals surface area contributed by atoms with Gasteiger partial charge in [-0.1, -0.05) is 17.7 Å². The summed E-state index contributed by atoms with van der Waals surface area (Å²) in [4.78, 5) is 32.3. The first-order valence-corrected chi connectivity index (χ1v) is 8.93. The van der Waals surface area contributed by atoms with Crippen LogP contribution in [-0.2, 0) is 0 Å². The Hall–Kier alpha value is -3.54. The van der Waals surface area contributed by atoms with Crippen molar-refractivity contribution in [2.45, 2.75) is 27.7 Å². The number of hydrogen-bond acceptors (Lipinski definition) is 5. The Bertz CT molecular complexity index is 1000. The third kappa shape index (κ3) is 4.40. The Balaban J connectivity index is 1.70. The number of nitrogens with one attached hydrogen (secondary N) is 2. The van der Waals surface area contributed by atoms with E-state index in [9.17, 15) is 9.59 Å². The van der Waals surface area contributed by atoms with Gasteiger partial charge in [0.2, 0.25) is 5.95 Å². The van der Waals surface area contributed by atoms with Gasteiger partial charge in [-0.05, 0) is 63.1 Å². The molecule has 3 aromatic rings. The average Bonchev–Trinajstić information content (AvgIpc) is 2.65. The molecule has 0 aliphatic carbocycles. The van der Waals surface area contributed by atoms with E-state index < -0.39 is 0 Å². The van der Waals surface area contributed by atoms with Gasteiger partial charge in [0.05, 0.1) is 5.56 Å². The standard InChI is InChI=1S/C22H22N4O2/c1-13-9-14(2)20(15(3)10-13)26-21(28)18-11-23-22(24-12-18)25-19-7-5-17(6-8-19)16(4)27/h5-12H,1-4H3,(H,26,28)(H,23,24,25). The SMILES string of the molecule is CC(=O)c1ccc(Nc2ncc(C(=O)Nc3c(C)cc(C)cc3C)cn2)cc1. The van der Waals surface area contributed by atoms with Gasteiger partial charge >= 0.3 is 0 Å². The first-order valence-electron chi connectivity index (χ1n) is 8.93. The highest BCUT2D eigenvalue weighted by Gasteiger charge is 2.11. The highest BCUT2D eigenvalue weighted by atomic mass is 16.1. The predicted octanol–water partition coefficient (Wildman–Crippen LogP) is 4.60. The number of Topliss-reactive ketones (excluding diaryl/α,β-unsaturated/α-hetero) is 1. The van der Waals surface area contributed by atoms with Crippen molar-refractivity contribution in [3.05, 3.63) is 76.6 Å². The van der Waals surface area contributed by atoms with Crippen molar-refractivity contribution in [2.24, 2.45) is 0 Å². The van der Waals surface area contributed by atoms with Gasteiger partial charge in [0, 0.05) is 29.3 Å². The maximum absolute atomic E-state index is 12.5. The van der Waals surface area contributed by atoms with E-state index in [1.807, 2.05) is 32.9 Å². The van der Waals surface area contributed by atoms with E-state index >= 15 is 0 Å². The van der Waals surface area contributed by atoms with E-state index in [2.05, 4.69) is 20.6 Å². The molecule has 0 aliphatic rings. The molecule has 1 aromatic heterocycles. The minimum Gasteiger partial charge on any atom is -0.324 e. The van der Waals surface area contributed by atoms with Gasteiger partial charge < -0.3 is 10.6 Å². The normalized spacial score (nSPS) is 10.4. The molecule has 0 spiro atoms. The summed E-state index contributed by atoms with van der Waals surface area (Å²) in [6.07, 6.45) is 2.96. The summed E-state index contributed by atoms with van der Waals surface area (Å²) in [5.41, 5.74) is 5.76. The summed E-state index contributed by atoms with van der Waals surface area (Å²) in [6.45, 7) is 7.49. The molecule has 28 heavy (non-hydrogen) atoms. The molecule has 0 atom stereocenters. The van der Waals surface area contributed by atoms with Gasteiger partial charge in [0.1, 0.15) is 0 Å². The number of benzene rings is 2. The highest BCUT2D eigenvalue weighted by molar-refractivity contribution is 6.04. The number of aryl methyl sites for hydroxylation is 3. The summed E-state index contributed by atoms with van der Waals surface area (Å²) in [5.74, 6) is 0.124. The summed E-state index contributed by atoms with van der Waals surface area (Å²) in [5, 5.41) is 5.98. The summed E-state index contributed by atoms with van der Waals surface area (Å²) in [7, 11) is 0. The zero-order valence-corrected chi connectivity index (χ0v) is 16.3. The number of aromatic nitrogens is 2. The van der Waals surface area contributed by atoms with Crippen LogP contribution in [0.4, 0.5) is 17.3 Å². The summed E-state index contributed by atoms with van der Waals surface area (Å²) < 4.78 is 0. The van der Waals surface area contributed by atoms with Crippen LogP contribution in [0, 0.1) is 20.8 Å². The Kier molecular flexibility index (Phi) is 5.49. The number of hydrogen-bond donors (Lipinski definition) is 2. The third-order valence-corrected chi connectivity index (χ3v) is 4.38. The van der Waals surface area contributed by atoms with E-state index in [1.165, 1.54) is 19.3 Å². The van der Waals surface area contributed by atoms with Crippen LogP contribution in [0.15, 0.2) is 48.8 Å². The first-order chi connectivity index (χ1) is 13.3. The van der Waals surface area contributed by atoms with Gasteiger partial charge in [-0.15, -0.1) is 0 Å². The smallest absolute Gasteiger partial charge is 0.258 e. The average molecular weight is 374 g/mol. The fourth-order valence-corrected chi connectivity index (χ4v) is 2.99. The number of rotatable bonds is 5. The van der Waals surface area contributed by atoms with Crippen molar-refractivity contribution in [1.29, 1.82) is 0 Å². The van der Waals surface area contributed by atoms with Crippen LogP contribution in [0.5, 0.6) is 0 Å². The maximum atomic E-state index is 12.5. The monoisotopic (exact) mass is 374 g/mol. The summed E-state index contributed by atoms with van der Waals surface area (Å²) >= 11 is 0. The Morgan fingerprint density at radius 1 is 0.857 bits per heavy atom. The number of nitrogens with zero attached hydrogens (tertiary/aromatic N) is 2. The molecule has 6 nitrogen and oxygen atoms in total. The second-order valence-electron chi connectivity index (χ2n) is 6.78. The lowest BCUT2D eigenvalue weighted by Gasteiger charge is -2.13. The molecule has 1 heterocycles. The molecule has 0 aliphatic heterocycles. The van der Waals surface area contributed by atoms with Crippen LogP contribution in [0.3, 0.4) is 0 Å². The fraction of sp³-hybridized carbons (Fsp3) is 0.182. The molecule has 0 saturated heterocycles. The highest BCUT2D eigenvalue weighted by Crippen LogP contribution is 2.22. The van der Waals surface area contributed by atoms with Crippen LogP contribution < -0.4 is 10.6 Å². The third-order valence-electron chi connectivity index (χ3n) is 4.38. The molecule has 1 amide bonds. The molecule has 6 heteroatoms. The van der Waals surface area contributed by atoms with Gasteiger partial charge in [0.25, 0.3) is 5.91 Å². The molecule has 2 aromatic carbocycles. The largest absolute Gasteiger partial charge is 0.324 e. The van der Waals surface area contributed by atoms with E-state index in [1.54, 1.807) is 24.3 Å². The molecule has 0 fully saturated rings. The topological polar surface area (TPSA) is 84.0 Å². The number of carbonyl (C=O) groups is 2. The molecule has 0 bridgehead atoms. The zero-order chi connectivity index (χ0) is 20.3. The fourth-order valence-electron chi connectivity index (χ4n) is 2.99. The van der Waals surface area contributed by atoms with Crippen LogP contribution in [-0.4, -0.2) is 21.7 Å². The molecule has 0 saturated carbocycles. The minimum absolute atomic E-state index is 0.0113. The molecular weight excluding hydrogens is 352 g/mol. The second-order valence-corrected chi connectivity index (χ2v) is 6.78. The lowest BCUT2D eigenvalue weighted by molar-refractivity contribution is 0.101. The maximum Gasteiger partial charge on any atom is 0.258 e. The first kappa shape index (κ1) is 19.2. The lowest BCUT2D eigenvalue weighted by Crippen LogP contribution is -2.15. The number of ketones is 1. The molecule has 142 valence electrons. The Labute approximate surface area is 164 Å². The second kappa shape index (κ2) is 8.00. The Morgan fingerprint density at radius 2 is 1.43 bits per heavy atom. The van der Waals surface area contributed by atoms with Crippen LogP contribution in [0.25, 0.3) is 0 Å². The van der Waals surface area contributed by atoms with Gasteiger partial charge in [-0.2, -0.15) is 0 Å². The molecule has 0 unspecified atom stereocenters. The van der Waals surface area contributed by atoms with Crippen LogP contribution in [0.2, 0.25) is 0 Å². The van der Waals surface area contributed by atoms with Crippen molar-refractivity contribution >= 4 is 29.0 Å². The quantitative estimate of drug-likeness (QED) is 0.638. The van der Waals surface area contributed by atoms with Crippen molar-refractivity contribution < 1.29 is 9.59 Å². The van der Waals surface area contributed by atoms with Gasteiger partial charge in [0.15, 0.2) is 5.78 Å². The van der Waals surface area contributed by atoms with E-state index in [-0.39, 0.29) is 11.7 Å². The van der Waals surface area contributed by atoms with Crippen molar-refractivity contribution in [3.63, 3.8) is 0 Å². The number of carbonyl (C=O) groups excluding carboxylic acids is 2. The van der Waals surface area contributed by atoms with Crippen molar-refractivity contribution in [1.82, 2.24) is 9.97 Å². The molecule has 2 N–H and O–H groups in total. The van der Waals surface area contributed by atoms with E-state index in [0.717, 1.165) is 28.1 Å². The van der Waals surface area contributed by atoms with Crippen LogP contribution in [0.1, 0.15) is 44.3 Å². The molecule has 3 rings (SSSR count). The van der Waals surface area contributed by atoms with E-state index in [4.69, 9.17) is 0 Å². The van der Waals surface area contributed by atoms with E-state index in [0.29, 0.717) is 17.1 Å². The van der Waals surface area contributed by atoms with Crippen molar-refractivity contribution in [2.75, 3.05) is 10.6 Å². The predicted molar refractivity (Wildman–Crippen MR) is 110 cm³/mol. The molecule has 0 radical (unpaired) electrons. The Morgan fingerprint density at radius 3 is 1.96 bits per heavy atom. The molecular formula is C22H22N4O2. The zero-order valence-electron chi connectivity index (χ0n) is 16.3. The van der Waals surface area contributed by atoms with Crippen LogP contribution >= 0.6 is 0 Å². The lowest BCUT2D eigenvalue weighted by atomic mass is 10.0. The number of anilines is 3. The number of amides is 1. The van der Waals surface area contributed by atoms with Gasteiger partial charge in [-0.3, -0.25) is 9.59 Å².